The quantitative estimate of drug-likeness (QED) is 0.336. The van der Waals surface area contributed by atoms with E-state index in [1.807, 2.05) is 0 Å². The second-order valence-corrected chi connectivity index (χ2v) is 9.76. The summed E-state index contributed by atoms with van der Waals surface area (Å²) in [7, 11) is 0. The number of aliphatic hydroxyl groups excluding tert-OH is 1. The summed E-state index contributed by atoms with van der Waals surface area (Å²) in [5.41, 5.74) is 10.0. The standard InChI is InChI=1S/C23H36N2O2/c1-15(25-27-13-12-24)19-6-7-20-18-5-4-16-14-17(26)8-10-22(16,2)21(18)9-11-23(19,20)3/h4,6,17-18,20-21,26H,5,7-14,24H2,1-3H3/b25-15+. The molecule has 150 valence electrons. The van der Waals surface area contributed by atoms with Crippen molar-refractivity contribution in [3.05, 3.63) is 23.3 Å². The van der Waals surface area contributed by atoms with Gasteiger partial charge in [0, 0.05) is 6.54 Å². The fraction of sp³-hybridized carbons (Fsp3) is 0.783. The Kier molecular flexibility index (Phi) is 5.00. The first-order valence-corrected chi connectivity index (χ1v) is 10.9. The number of aliphatic hydroxyl groups is 1. The van der Waals surface area contributed by atoms with Gasteiger partial charge in [0.1, 0.15) is 6.61 Å². The molecule has 6 atom stereocenters. The third-order valence-electron chi connectivity index (χ3n) is 8.46. The van der Waals surface area contributed by atoms with Crippen LogP contribution in [0.3, 0.4) is 0 Å². The van der Waals surface area contributed by atoms with Crippen molar-refractivity contribution >= 4 is 5.71 Å². The van der Waals surface area contributed by atoms with E-state index < -0.39 is 0 Å². The van der Waals surface area contributed by atoms with Gasteiger partial charge >= 0.3 is 0 Å². The predicted molar refractivity (Wildman–Crippen MR) is 109 cm³/mol. The van der Waals surface area contributed by atoms with Crippen LogP contribution in [0.1, 0.15) is 65.7 Å². The largest absolute Gasteiger partial charge is 0.394 e. The summed E-state index contributed by atoms with van der Waals surface area (Å²) in [6.07, 6.45) is 12.7. The SMILES string of the molecule is C/C(=N\OCCN)C1=CCC2C3CC=C4CC(O)CCC4(C)C3CCC12C. The van der Waals surface area contributed by atoms with Crippen LogP contribution >= 0.6 is 0 Å². The van der Waals surface area contributed by atoms with Gasteiger partial charge in [-0.3, -0.25) is 0 Å². The topological polar surface area (TPSA) is 67.8 Å². The molecule has 0 aromatic heterocycles. The van der Waals surface area contributed by atoms with E-state index in [1.165, 1.54) is 31.3 Å². The highest BCUT2D eigenvalue weighted by atomic mass is 16.6. The van der Waals surface area contributed by atoms with Crippen molar-refractivity contribution in [2.45, 2.75) is 71.8 Å². The second-order valence-electron chi connectivity index (χ2n) is 9.76. The van der Waals surface area contributed by atoms with E-state index in [9.17, 15) is 5.11 Å². The normalized spacial score (nSPS) is 44.0. The molecular formula is C23H36N2O2. The van der Waals surface area contributed by atoms with Gasteiger partial charge in [-0.1, -0.05) is 36.7 Å². The third kappa shape index (κ3) is 3.00. The fourth-order valence-electron chi connectivity index (χ4n) is 7.01. The van der Waals surface area contributed by atoms with Gasteiger partial charge in [-0.15, -0.1) is 0 Å². The van der Waals surface area contributed by atoms with Crippen molar-refractivity contribution in [1.29, 1.82) is 0 Å². The lowest BCUT2D eigenvalue weighted by atomic mass is 9.47. The van der Waals surface area contributed by atoms with Crippen LogP contribution in [0.5, 0.6) is 0 Å². The molecule has 0 radical (unpaired) electrons. The van der Waals surface area contributed by atoms with Gasteiger partial charge in [0.05, 0.1) is 11.8 Å². The molecule has 6 unspecified atom stereocenters. The zero-order valence-corrected chi connectivity index (χ0v) is 17.2. The molecule has 4 heteroatoms. The molecule has 0 aromatic rings. The van der Waals surface area contributed by atoms with Gasteiger partial charge in [-0.05, 0) is 86.0 Å². The zero-order chi connectivity index (χ0) is 19.2. The van der Waals surface area contributed by atoms with Crippen molar-refractivity contribution in [2.24, 2.45) is 39.5 Å². The summed E-state index contributed by atoms with van der Waals surface area (Å²) < 4.78 is 0. The number of nitrogens with two attached hydrogens (primary N) is 1. The Bertz CT molecular complexity index is 682. The zero-order valence-electron chi connectivity index (χ0n) is 17.2. The summed E-state index contributed by atoms with van der Waals surface area (Å²) in [6.45, 7) is 8.02. The van der Waals surface area contributed by atoms with E-state index in [0.717, 1.165) is 36.8 Å². The average Bonchev–Trinajstić information content (AvgIpc) is 3.00. The molecule has 4 aliphatic rings. The van der Waals surface area contributed by atoms with Crippen molar-refractivity contribution in [2.75, 3.05) is 13.2 Å². The predicted octanol–water partition coefficient (Wildman–Crippen LogP) is 4.20. The van der Waals surface area contributed by atoms with Crippen molar-refractivity contribution in [3.63, 3.8) is 0 Å². The van der Waals surface area contributed by atoms with Gasteiger partial charge in [0.2, 0.25) is 0 Å². The van der Waals surface area contributed by atoms with Gasteiger partial charge in [-0.25, -0.2) is 0 Å². The molecule has 2 saturated carbocycles. The summed E-state index contributed by atoms with van der Waals surface area (Å²) in [5, 5.41) is 14.5. The minimum atomic E-state index is -0.123. The van der Waals surface area contributed by atoms with Crippen LogP contribution in [0.2, 0.25) is 0 Å². The van der Waals surface area contributed by atoms with Crippen LogP contribution in [-0.2, 0) is 4.84 Å². The molecule has 0 spiro atoms. The van der Waals surface area contributed by atoms with E-state index in [-0.39, 0.29) is 11.5 Å². The van der Waals surface area contributed by atoms with E-state index >= 15 is 0 Å². The molecule has 4 rings (SSSR count). The van der Waals surface area contributed by atoms with E-state index in [2.05, 4.69) is 38.1 Å². The fourth-order valence-corrected chi connectivity index (χ4v) is 7.01. The van der Waals surface area contributed by atoms with Gasteiger partial charge in [0.25, 0.3) is 0 Å². The van der Waals surface area contributed by atoms with Gasteiger partial charge in [-0.2, -0.15) is 0 Å². The Morgan fingerprint density at radius 3 is 2.74 bits per heavy atom. The van der Waals surface area contributed by atoms with E-state index in [4.69, 9.17) is 10.6 Å². The highest BCUT2D eigenvalue weighted by Gasteiger charge is 2.56. The van der Waals surface area contributed by atoms with Crippen LogP contribution in [0.4, 0.5) is 0 Å². The van der Waals surface area contributed by atoms with E-state index in [0.29, 0.717) is 24.5 Å². The molecule has 4 nitrogen and oxygen atoms in total. The lowest BCUT2D eigenvalue weighted by Gasteiger charge is -2.57. The molecule has 0 saturated heterocycles. The average molecular weight is 373 g/mol. The van der Waals surface area contributed by atoms with Crippen molar-refractivity contribution < 1.29 is 9.94 Å². The first-order valence-electron chi connectivity index (χ1n) is 10.9. The minimum absolute atomic E-state index is 0.123. The number of hydrogen-bond acceptors (Lipinski definition) is 4. The summed E-state index contributed by atoms with van der Waals surface area (Å²) >= 11 is 0. The van der Waals surface area contributed by atoms with Gasteiger partial charge < -0.3 is 15.7 Å². The summed E-state index contributed by atoms with van der Waals surface area (Å²) in [4.78, 5) is 5.37. The van der Waals surface area contributed by atoms with Crippen LogP contribution in [0, 0.1) is 28.6 Å². The Labute approximate surface area is 163 Å². The van der Waals surface area contributed by atoms with E-state index in [1.54, 1.807) is 5.57 Å². The van der Waals surface area contributed by atoms with Gasteiger partial charge in [0.15, 0.2) is 0 Å². The molecule has 0 aliphatic heterocycles. The molecule has 0 amide bonds. The Hall–Kier alpha value is -1.13. The number of nitrogens with zero attached hydrogens (tertiary/aromatic N) is 1. The second kappa shape index (κ2) is 7.04. The maximum atomic E-state index is 10.2. The minimum Gasteiger partial charge on any atom is -0.394 e. The van der Waals surface area contributed by atoms with Crippen molar-refractivity contribution in [3.8, 4) is 0 Å². The lowest BCUT2D eigenvalue weighted by Crippen LogP contribution is -2.50. The summed E-state index contributed by atoms with van der Waals surface area (Å²) in [6, 6.07) is 0. The number of rotatable bonds is 4. The molecule has 3 N–H and O–H groups in total. The Morgan fingerprint density at radius 1 is 1.19 bits per heavy atom. The Morgan fingerprint density at radius 2 is 1.96 bits per heavy atom. The molecule has 2 fully saturated rings. The van der Waals surface area contributed by atoms with Crippen LogP contribution < -0.4 is 5.73 Å². The number of hydrogen-bond donors (Lipinski definition) is 2. The monoisotopic (exact) mass is 372 g/mol. The first-order chi connectivity index (χ1) is 12.9. The molecule has 0 aromatic carbocycles. The molecular weight excluding hydrogens is 336 g/mol. The maximum Gasteiger partial charge on any atom is 0.129 e. The number of allylic oxidation sites excluding steroid dienone is 3. The molecule has 0 heterocycles. The molecule has 27 heavy (non-hydrogen) atoms. The van der Waals surface area contributed by atoms with Crippen molar-refractivity contribution in [1.82, 2.24) is 0 Å². The summed E-state index contributed by atoms with van der Waals surface area (Å²) in [5.74, 6) is 2.22. The smallest absolute Gasteiger partial charge is 0.129 e. The first kappa shape index (κ1) is 19.2. The van der Waals surface area contributed by atoms with Crippen LogP contribution in [0.25, 0.3) is 0 Å². The number of fused-ring (bicyclic) bond motifs is 5. The van der Waals surface area contributed by atoms with Crippen LogP contribution in [0.15, 0.2) is 28.5 Å². The molecule has 0 bridgehead atoms. The number of oxime groups is 1. The maximum absolute atomic E-state index is 10.2. The highest BCUT2D eigenvalue weighted by molar-refractivity contribution is 5.99. The third-order valence-corrected chi connectivity index (χ3v) is 8.46. The van der Waals surface area contributed by atoms with Crippen LogP contribution in [-0.4, -0.2) is 30.1 Å². The Balaban J connectivity index is 1.57. The molecule has 4 aliphatic carbocycles. The highest BCUT2D eigenvalue weighted by Crippen LogP contribution is 2.65. The lowest BCUT2D eigenvalue weighted by molar-refractivity contribution is -0.0280.